The number of aromatic nitrogens is 2. The van der Waals surface area contributed by atoms with Gasteiger partial charge in [0.15, 0.2) is 11.8 Å². The Morgan fingerprint density at radius 2 is 2.15 bits per heavy atom. The van der Waals surface area contributed by atoms with Crippen molar-refractivity contribution >= 4 is 29.9 Å². The highest BCUT2D eigenvalue weighted by Crippen LogP contribution is 2.28. The fourth-order valence-corrected chi connectivity index (χ4v) is 3.08. The molecule has 1 aliphatic rings. The van der Waals surface area contributed by atoms with Gasteiger partial charge < -0.3 is 19.5 Å². The summed E-state index contributed by atoms with van der Waals surface area (Å²) in [5.41, 5.74) is 1.34. The van der Waals surface area contributed by atoms with E-state index in [1.165, 1.54) is 5.56 Å². The summed E-state index contributed by atoms with van der Waals surface area (Å²) in [6.07, 6.45) is 1.11. The second kappa shape index (κ2) is 9.75. The third-order valence-corrected chi connectivity index (χ3v) is 4.35. The first-order valence-electron chi connectivity index (χ1n) is 8.66. The lowest BCUT2D eigenvalue weighted by Crippen LogP contribution is -2.40. The van der Waals surface area contributed by atoms with Gasteiger partial charge in [0.2, 0.25) is 5.89 Å². The van der Waals surface area contributed by atoms with Gasteiger partial charge in [-0.05, 0) is 31.0 Å². The summed E-state index contributed by atoms with van der Waals surface area (Å²) in [6, 6.07) is 8.35. The SMILES string of the molecule is CCNC(=NCc1noc(C)n1)N1CCC(c2ccc(OC)cc2)C1.I. The van der Waals surface area contributed by atoms with Crippen LogP contribution in [0.5, 0.6) is 5.75 Å². The second-order valence-corrected chi connectivity index (χ2v) is 6.10. The number of likely N-dealkylation sites (tertiary alicyclic amines) is 1. The van der Waals surface area contributed by atoms with Crippen molar-refractivity contribution in [1.29, 1.82) is 0 Å². The molecule has 3 rings (SSSR count). The van der Waals surface area contributed by atoms with Crippen molar-refractivity contribution in [2.45, 2.75) is 32.7 Å². The Morgan fingerprint density at radius 1 is 1.38 bits per heavy atom. The van der Waals surface area contributed by atoms with Crippen LogP contribution in [-0.2, 0) is 6.54 Å². The Kier molecular flexibility index (Phi) is 7.67. The summed E-state index contributed by atoms with van der Waals surface area (Å²) in [5.74, 6) is 3.47. The van der Waals surface area contributed by atoms with Gasteiger partial charge >= 0.3 is 0 Å². The molecule has 1 aliphatic heterocycles. The summed E-state index contributed by atoms with van der Waals surface area (Å²) in [5, 5.41) is 7.26. The van der Waals surface area contributed by atoms with E-state index in [0.717, 1.165) is 37.8 Å². The molecule has 26 heavy (non-hydrogen) atoms. The number of guanidine groups is 1. The zero-order chi connectivity index (χ0) is 17.6. The molecule has 0 bridgehead atoms. The lowest BCUT2D eigenvalue weighted by molar-refractivity contribution is 0.387. The second-order valence-electron chi connectivity index (χ2n) is 6.10. The van der Waals surface area contributed by atoms with Crippen molar-refractivity contribution < 1.29 is 9.26 Å². The summed E-state index contributed by atoms with van der Waals surface area (Å²) in [4.78, 5) is 11.2. The van der Waals surface area contributed by atoms with Gasteiger partial charge in [0.05, 0.1) is 7.11 Å². The Balaban J connectivity index is 0.00000243. The van der Waals surface area contributed by atoms with Crippen molar-refractivity contribution in [3.63, 3.8) is 0 Å². The number of hydrogen-bond donors (Lipinski definition) is 1. The molecule has 0 aliphatic carbocycles. The first-order valence-corrected chi connectivity index (χ1v) is 8.66. The van der Waals surface area contributed by atoms with E-state index >= 15 is 0 Å². The third-order valence-electron chi connectivity index (χ3n) is 4.35. The summed E-state index contributed by atoms with van der Waals surface area (Å²) >= 11 is 0. The minimum atomic E-state index is 0. The molecular formula is C18H26IN5O2. The number of rotatable bonds is 5. The van der Waals surface area contributed by atoms with Crippen LogP contribution in [0, 0.1) is 6.92 Å². The van der Waals surface area contributed by atoms with Crippen molar-refractivity contribution in [1.82, 2.24) is 20.4 Å². The Morgan fingerprint density at radius 3 is 2.77 bits per heavy atom. The van der Waals surface area contributed by atoms with Gasteiger partial charge in [0, 0.05) is 32.5 Å². The molecule has 142 valence electrons. The van der Waals surface area contributed by atoms with Crippen LogP contribution in [0.1, 0.15) is 36.5 Å². The van der Waals surface area contributed by atoms with E-state index in [2.05, 4.69) is 44.4 Å². The molecule has 0 spiro atoms. The number of benzene rings is 1. The number of hydrogen-bond acceptors (Lipinski definition) is 5. The van der Waals surface area contributed by atoms with Crippen LogP contribution < -0.4 is 10.1 Å². The number of halogens is 1. The standard InChI is InChI=1S/C18H25N5O2.HI/c1-4-19-18(20-11-17-21-13(2)25-22-17)23-10-9-15(12-23)14-5-7-16(24-3)8-6-14;/h5-8,15H,4,9-12H2,1-3H3,(H,19,20);1H. The van der Waals surface area contributed by atoms with Crippen LogP contribution in [0.2, 0.25) is 0 Å². The predicted octanol–water partition coefficient (Wildman–Crippen LogP) is 2.96. The van der Waals surface area contributed by atoms with E-state index in [1.807, 2.05) is 12.1 Å². The highest BCUT2D eigenvalue weighted by molar-refractivity contribution is 14.0. The molecule has 2 heterocycles. The van der Waals surface area contributed by atoms with E-state index in [1.54, 1.807) is 14.0 Å². The lowest BCUT2D eigenvalue weighted by atomic mass is 9.98. The van der Waals surface area contributed by atoms with Crippen molar-refractivity contribution in [2.75, 3.05) is 26.7 Å². The number of nitrogens with one attached hydrogen (secondary N) is 1. The first kappa shape index (κ1) is 20.5. The quantitative estimate of drug-likeness (QED) is 0.411. The lowest BCUT2D eigenvalue weighted by Gasteiger charge is -2.21. The fraction of sp³-hybridized carbons (Fsp3) is 0.500. The van der Waals surface area contributed by atoms with E-state index in [0.29, 0.717) is 24.2 Å². The van der Waals surface area contributed by atoms with Gasteiger partial charge in [-0.15, -0.1) is 24.0 Å². The molecule has 1 fully saturated rings. The van der Waals surface area contributed by atoms with Gasteiger partial charge in [0.25, 0.3) is 0 Å². The molecule has 1 atom stereocenters. The maximum absolute atomic E-state index is 5.24. The maximum Gasteiger partial charge on any atom is 0.223 e. The van der Waals surface area contributed by atoms with E-state index in [4.69, 9.17) is 9.26 Å². The zero-order valence-corrected chi connectivity index (χ0v) is 17.8. The average Bonchev–Trinajstić information content (AvgIpc) is 3.28. The van der Waals surface area contributed by atoms with Gasteiger partial charge in [0.1, 0.15) is 12.3 Å². The Bertz CT molecular complexity index is 717. The molecule has 1 unspecified atom stereocenters. The third kappa shape index (κ3) is 5.09. The molecule has 2 aromatic rings. The van der Waals surface area contributed by atoms with Gasteiger partial charge in [-0.1, -0.05) is 17.3 Å². The molecule has 0 saturated carbocycles. The van der Waals surface area contributed by atoms with E-state index < -0.39 is 0 Å². The largest absolute Gasteiger partial charge is 0.497 e. The molecule has 0 amide bonds. The average molecular weight is 471 g/mol. The minimum Gasteiger partial charge on any atom is -0.497 e. The highest BCUT2D eigenvalue weighted by atomic mass is 127. The maximum atomic E-state index is 5.24. The molecule has 1 aromatic carbocycles. The molecule has 1 saturated heterocycles. The molecule has 1 N–H and O–H groups in total. The van der Waals surface area contributed by atoms with Gasteiger partial charge in [-0.25, -0.2) is 4.99 Å². The van der Waals surface area contributed by atoms with Crippen LogP contribution in [0.4, 0.5) is 0 Å². The van der Waals surface area contributed by atoms with Crippen molar-refractivity contribution in [3.05, 3.63) is 41.5 Å². The van der Waals surface area contributed by atoms with Crippen LogP contribution >= 0.6 is 24.0 Å². The van der Waals surface area contributed by atoms with Crippen LogP contribution in [0.3, 0.4) is 0 Å². The van der Waals surface area contributed by atoms with Gasteiger partial charge in [-0.2, -0.15) is 4.98 Å². The summed E-state index contributed by atoms with van der Waals surface area (Å²) in [6.45, 7) is 7.03. The normalized spacial score (nSPS) is 17.1. The number of nitrogens with zero attached hydrogens (tertiary/aromatic N) is 4. The molecule has 0 radical (unpaired) electrons. The van der Waals surface area contributed by atoms with E-state index in [-0.39, 0.29) is 24.0 Å². The minimum absolute atomic E-state index is 0. The molecule has 7 nitrogen and oxygen atoms in total. The van der Waals surface area contributed by atoms with Crippen molar-refractivity contribution in [3.8, 4) is 5.75 Å². The predicted molar refractivity (Wildman–Crippen MR) is 111 cm³/mol. The molecule has 1 aromatic heterocycles. The number of methoxy groups -OCH3 is 1. The van der Waals surface area contributed by atoms with Crippen LogP contribution in [0.15, 0.2) is 33.8 Å². The first-order chi connectivity index (χ1) is 12.2. The van der Waals surface area contributed by atoms with E-state index in [9.17, 15) is 0 Å². The smallest absolute Gasteiger partial charge is 0.223 e. The topological polar surface area (TPSA) is 75.8 Å². The summed E-state index contributed by atoms with van der Waals surface area (Å²) < 4.78 is 10.2. The van der Waals surface area contributed by atoms with Crippen LogP contribution in [0.25, 0.3) is 0 Å². The van der Waals surface area contributed by atoms with Crippen LogP contribution in [-0.4, -0.2) is 47.7 Å². The summed E-state index contributed by atoms with van der Waals surface area (Å²) in [7, 11) is 1.69. The molecular weight excluding hydrogens is 445 g/mol. The number of aryl methyl sites for hydroxylation is 1. The van der Waals surface area contributed by atoms with Crippen molar-refractivity contribution in [2.24, 2.45) is 4.99 Å². The Labute approximate surface area is 171 Å². The van der Waals surface area contributed by atoms with Gasteiger partial charge in [-0.3, -0.25) is 0 Å². The monoisotopic (exact) mass is 471 g/mol. The fourth-order valence-electron chi connectivity index (χ4n) is 3.08. The zero-order valence-electron chi connectivity index (χ0n) is 15.4. The highest BCUT2D eigenvalue weighted by Gasteiger charge is 2.26. The molecule has 8 heteroatoms. The Hall–Kier alpha value is -1.84. The number of aliphatic imine (C=N–C) groups is 1. The number of ether oxygens (including phenoxy) is 1.